The quantitative estimate of drug-likeness (QED) is 0.877. The van der Waals surface area contributed by atoms with E-state index in [1.165, 1.54) is 0 Å². The molecule has 1 atom stereocenters. The highest BCUT2D eigenvalue weighted by atomic mass is 16.5. The first-order valence-electron chi connectivity index (χ1n) is 5.86. The summed E-state index contributed by atoms with van der Waals surface area (Å²) < 4.78 is 5.19. The van der Waals surface area contributed by atoms with E-state index in [1.54, 1.807) is 7.11 Å². The summed E-state index contributed by atoms with van der Waals surface area (Å²) in [6.45, 7) is 2.84. The Labute approximate surface area is 102 Å². The fourth-order valence-electron chi connectivity index (χ4n) is 1.83. The van der Waals surface area contributed by atoms with Crippen LogP contribution in [0.1, 0.15) is 12.6 Å². The highest BCUT2D eigenvalue weighted by Crippen LogP contribution is 2.20. The number of methoxy groups -OCH3 is 1. The molecule has 3 nitrogen and oxygen atoms in total. The number of pyridine rings is 1. The van der Waals surface area contributed by atoms with Crippen LogP contribution in [0.3, 0.4) is 0 Å². The van der Waals surface area contributed by atoms with Crippen LogP contribution >= 0.6 is 0 Å². The fraction of sp³-hybridized carbons (Fsp3) is 0.357. The molecule has 0 saturated carbocycles. The third kappa shape index (κ3) is 2.74. The van der Waals surface area contributed by atoms with E-state index in [0.717, 1.165) is 28.8 Å². The first-order chi connectivity index (χ1) is 8.22. The minimum Gasteiger partial charge on any atom is -0.497 e. The summed E-state index contributed by atoms with van der Waals surface area (Å²) in [6.07, 6.45) is 0.929. The summed E-state index contributed by atoms with van der Waals surface area (Å²) in [6, 6.07) is 10.1. The molecule has 0 saturated heterocycles. The molecule has 1 heterocycles. The molecule has 0 spiro atoms. The highest BCUT2D eigenvalue weighted by molar-refractivity contribution is 5.80. The highest BCUT2D eigenvalue weighted by Gasteiger charge is 2.04. The Morgan fingerprint density at radius 3 is 2.82 bits per heavy atom. The molecule has 0 aliphatic carbocycles. The second kappa shape index (κ2) is 5.15. The summed E-state index contributed by atoms with van der Waals surface area (Å²) in [5.74, 6) is 1.33. The Morgan fingerprint density at radius 2 is 2.12 bits per heavy atom. The van der Waals surface area contributed by atoms with E-state index >= 15 is 0 Å². The lowest BCUT2D eigenvalue weighted by Gasteiger charge is -2.08. The topological polar surface area (TPSA) is 48.1 Å². The van der Waals surface area contributed by atoms with Crippen LogP contribution in [-0.2, 0) is 6.42 Å². The number of fused-ring (bicyclic) bond motifs is 1. The van der Waals surface area contributed by atoms with Crippen molar-refractivity contribution in [1.29, 1.82) is 0 Å². The summed E-state index contributed by atoms with van der Waals surface area (Å²) in [4.78, 5) is 4.63. The fourth-order valence-corrected chi connectivity index (χ4v) is 1.83. The Bertz CT molecular complexity index is 511. The monoisotopic (exact) mass is 230 g/mol. The van der Waals surface area contributed by atoms with Crippen LogP contribution in [-0.4, -0.2) is 18.6 Å². The Kier molecular flexibility index (Phi) is 3.59. The molecule has 90 valence electrons. The van der Waals surface area contributed by atoms with Crippen LogP contribution in [0.2, 0.25) is 0 Å². The van der Waals surface area contributed by atoms with E-state index in [4.69, 9.17) is 10.5 Å². The molecule has 1 aromatic heterocycles. The number of nitrogens with zero attached hydrogens (tertiary/aromatic N) is 1. The Balaban J connectivity index is 2.31. The van der Waals surface area contributed by atoms with Crippen molar-refractivity contribution in [2.45, 2.75) is 13.3 Å². The SMILES string of the molecule is COc1ccc2nc(CC(C)CN)ccc2c1. The largest absolute Gasteiger partial charge is 0.497 e. The third-order valence-corrected chi connectivity index (χ3v) is 2.91. The van der Waals surface area contributed by atoms with Crippen molar-refractivity contribution >= 4 is 10.9 Å². The standard InChI is InChI=1S/C14H18N2O/c1-10(9-15)7-12-4-3-11-8-13(17-2)5-6-14(11)16-12/h3-6,8,10H,7,9,15H2,1-2H3. The maximum absolute atomic E-state index is 5.63. The molecule has 1 unspecified atom stereocenters. The van der Waals surface area contributed by atoms with Crippen LogP contribution in [0.4, 0.5) is 0 Å². The third-order valence-electron chi connectivity index (χ3n) is 2.91. The van der Waals surface area contributed by atoms with Crippen molar-refractivity contribution in [1.82, 2.24) is 4.98 Å². The van der Waals surface area contributed by atoms with Gasteiger partial charge in [-0.05, 0) is 43.1 Å². The van der Waals surface area contributed by atoms with Crippen LogP contribution in [0, 0.1) is 5.92 Å². The zero-order valence-electron chi connectivity index (χ0n) is 10.3. The van der Waals surface area contributed by atoms with E-state index in [9.17, 15) is 0 Å². The lowest BCUT2D eigenvalue weighted by atomic mass is 10.0. The molecule has 0 aliphatic rings. The molecule has 0 bridgehead atoms. The maximum Gasteiger partial charge on any atom is 0.119 e. The Hall–Kier alpha value is -1.61. The maximum atomic E-state index is 5.63. The van der Waals surface area contributed by atoms with Gasteiger partial charge >= 0.3 is 0 Å². The van der Waals surface area contributed by atoms with Gasteiger partial charge in [-0.2, -0.15) is 0 Å². The molecule has 17 heavy (non-hydrogen) atoms. The van der Waals surface area contributed by atoms with Crippen molar-refractivity contribution in [3.8, 4) is 5.75 Å². The number of nitrogens with two attached hydrogens (primary N) is 1. The van der Waals surface area contributed by atoms with Gasteiger partial charge in [-0.1, -0.05) is 13.0 Å². The van der Waals surface area contributed by atoms with Gasteiger partial charge in [0.15, 0.2) is 0 Å². The molecule has 1 aromatic carbocycles. The van der Waals surface area contributed by atoms with Crippen molar-refractivity contribution in [2.24, 2.45) is 11.7 Å². The minimum atomic E-state index is 0.471. The van der Waals surface area contributed by atoms with E-state index in [0.29, 0.717) is 12.5 Å². The average Bonchev–Trinajstić information content (AvgIpc) is 2.38. The lowest BCUT2D eigenvalue weighted by Crippen LogP contribution is -2.13. The van der Waals surface area contributed by atoms with Gasteiger partial charge in [0.2, 0.25) is 0 Å². The van der Waals surface area contributed by atoms with Gasteiger partial charge in [-0.25, -0.2) is 0 Å². The number of rotatable bonds is 4. The lowest BCUT2D eigenvalue weighted by molar-refractivity contribution is 0.415. The van der Waals surface area contributed by atoms with Gasteiger partial charge < -0.3 is 10.5 Å². The van der Waals surface area contributed by atoms with Crippen molar-refractivity contribution in [3.05, 3.63) is 36.0 Å². The molecule has 0 fully saturated rings. The molecule has 2 N–H and O–H groups in total. The number of hydrogen-bond donors (Lipinski definition) is 1. The number of aromatic nitrogens is 1. The first kappa shape index (κ1) is 11.9. The number of ether oxygens (including phenoxy) is 1. The smallest absolute Gasteiger partial charge is 0.119 e. The van der Waals surface area contributed by atoms with Crippen LogP contribution in [0.15, 0.2) is 30.3 Å². The van der Waals surface area contributed by atoms with E-state index in [1.807, 2.05) is 18.2 Å². The second-order valence-corrected chi connectivity index (χ2v) is 4.41. The van der Waals surface area contributed by atoms with Gasteiger partial charge in [0.05, 0.1) is 12.6 Å². The molecular weight excluding hydrogens is 212 g/mol. The molecule has 3 heteroatoms. The normalized spacial score (nSPS) is 12.6. The second-order valence-electron chi connectivity index (χ2n) is 4.41. The number of benzene rings is 1. The van der Waals surface area contributed by atoms with Gasteiger partial charge in [0.25, 0.3) is 0 Å². The number of hydrogen-bond acceptors (Lipinski definition) is 3. The zero-order chi connectivity index (χ0) is 12.3. The average molecular weight is 230 g/mol. The minimum absolute atomic E-state index is 0.471. The molecule has 0 radical (unpaired) electrons. The molecule has 0 aliphatic heterocycles. The van der Waals surface area contributed by atoms with Crippen LogP contribution in [0.25, 0.3) is 10.9 Å². The zero-order valence-corrected chi connectivity index (χ0v) is 10.3. The van der Waals surface area contributed by atoms with E-state index < -0.39 is 0 Å². The van der Waals surface area contributed by atoms with Gasteiger partial charge in [0.1, 0.15) is 5.75 Å². The summed E-state index contributed by atoms with van der Waals surface area (Å²) in [5, 5.41) is 1.11. The van der Waals surface area contributed by atoms with Crippen LogP contribution in [0.5, 0.6) is 5.75 Å². The summed E-state index contributed by atoms with van der Waals surface area (Å²) in [5.41, 5.74) is 7.73. The predicted octanol–water partition coefficient (Wildman–Crippen LogP) is 2.38. The molecule has 0 amide bonds. The van der Waals surface area contributed by atoms with Crippen LogP contribution < -0.4 is 10.5 Å². The first-order valence-corrected chi connectivity index (χ1v) is 5.86. The summed E-state index contributed by atoms with van der Waals surface area (Å²) >= 11 is 0. The van der Waals surface area contributed by atoms with E-state index in [2.05, 4.69) is 24.0 Å². The summed E-state index contributed by atoms with van der Waals surface area (Å²) in [7, 11) is 1.67. The van der Waals surface area contributed by atoms with Crippen molar-refractivity contribution in [3.63, 3.8) is 0 Å². The Morgan fingerprint density at radius 1 is 1.29 bits per heavy atom. The van der Waals surface area contributed by atoms with Crippen molar-refractivity contribution < 1.29 is 4.74 Å². The van der Waals surface area contributed by atoms with Gasteiger partial charge in [-0.3, -0.25) is 4.98 Å². The molecular formula is C14H18N2O. The molecule has 2 aromatic rings. The molecule has 2 rings (SSSR count). The van der Waals surface area contributed by atoms with Gasteiger partial charge in [-0.15, -0.1) is 0 Å². The van der Waals surface area contributed by atoms with Gasteiger partial charge in [0, 0.05) is 11.1 Å². The predicted molar refractivity (Wildman–Crippen MR) is 70.2 cm³/mol. The van der Waals surface area contributed by atoms with E-state index in [-0.39, 0.29) is 0 Å². The van der Waals surface area contributed by atoms with Crippen molar-refractivity contribution in [2.75, 3.05) is 13.7 Å².